The summed E-state index contributed by atoms with van der Waals surface area (Å²) in [5.74, 6) is 0.827. The minimum absolute atomic E-state index is 0.101. The fourth-order valence-corrected chi connectivity index (χ4v) is 2.32. The third-order valence-corrected chi connectivity index (χ3v) is 3.70. The van der Waals surface area contributed by atoms with E-state index in [-0.39, 0.29) is 6.03 Å². The number of nitrogens with one attached hydrogen (secondary N) is 1. The molecule has 1 aliphatic heterocycles. The summed E-state index contributed by atoms with van der Waals surface area (Å²) in [6.07, 6.45) is 1.80. The highest BCUT2D eigenvalue weighted by molar-refractivity contribution is 5.74. The largest absolute Gasteiger partial charge is 0.492 e. The molecule has 0 spiro atoms. The monoisotopic (exact) mass is 305 g/mol. The number of hydrogen-bond donors (Lipinski definition) is 1. The standard InChI is InChI=1S/C16H23N3O3/c1-2-14-4-3-5-15(12-14)22-11-6-17-16(21)19-9-7-18(13-20)8-10-19/h3-5,12-13H,2,6-11H2,1H3,(H,17,21). The van der Waals surface area contributed by atoms with Crippen molar-refractivity contribution in [3.05, 3.63) is 29.8 Å². The molecule has 120 valence electrons. The molecule has 0 bridgehead atoms. The maximum atomic E-state index is 12.0. The lowest BCUT2D eigenvalue weighted by Crippen LogP contribution is -2.51. The number of ether oxygens (including phenoxy) is 1. The lowest BCUT2D eigenvalue weighted by molar-refractivity contribution is -0.119. The Morgan fingerprint density at radius 1 is 1.32 bits per heavy atom. The number of aryl methyl sites for hydroxylation is 1. The highest BCUT2D eigenvalue weighted by Crippen LogP contribution is 2.13. The molecule has 0 radical (unpaired) electrons. The van der Waals surface area contributed by atoms with Gasteiger partial charge in [0.25, 0.3) is 0 Å². The van der Waals surface area contributed by atoms with E-state index in [2.05, 4.69) is 18.3 Å². The van der Waals surface area contributed by atoms with E-state index in [9.17, 15) is 9.59 Å². The van der Waals surface area contributed by atoms with Gasteiger partial charge in [-0.15, -0.1) is 0 Å². The molecule has 1 aromatic carbocycles. The smallest absolute Gasteiger partial charge is 0.317 e. The van der Waals surface area contributed by atoms with Crippen LogP contribution in [0.2, 0.25) is 0 Å². The van der Waals surface area contributed by atoms with E-state index >= 15 is 0 Å². The van der Waals surface area contributed by atoms with Crippen molar-refractivity contribution in [3.63, 3.8) is 0 Å². The van der Waals surface area contributed by atoms with Crippen molar-refractivity contribution < 1.29 is 14.3 Å². The lowest BCUT2D eigenvalue weighted by Gasteiger charge is -2.32. The van der Waals surface area contributed by atoms with Crippen LogP contribution < -0.4 is 10.1 Å². The molecule has 2 rings (SSSR count). The van der Waals surface area contributed by atoms with Gasteiger partial charge in [-0.1, -0.05) is 19.1 Å². The van der Waals surface area contributed by atoms with Crippen molar-refractivity contribution in [2.45, 2.75) is 13.3 Å². The Bertz CT molecular complexity index is 499. The molecular weight excluding hydrogens is 282 g/mol. The molecule has 22 heavy (non-hydrogen) atoms. The molecule has 6 nitrogen and oxygen atoms in total. The second kappa shape index (κ2) is 8.26. The van der Waals surface area contributed by atoms with Gasteiger partial charge >= 0.3 is 6.03 Å². The zero-order valence-electron chi connectivity index (χ0n) is 13.0. The molecule has 0 aromatic heterocycles. The van der Waals surface area contributed by atoms with Crippen molar-refractivity contribution in [1.82, 2.24) is 15.1 Å². The first-order valence-electron chi connectivity index (χ1n) is 7.66. The zero-order chi connectivity index (χ0) is 15.8. The molecule has 6 heteroatoms. The third-order valence-electron chi connectivity index (χ3n) is 3.70. The molecule has 1 aliphatic rings. The number of rotatable bonds is 6. The van der Waals surface area contributed by atoms with E-state index in [1.54, 1.807) is 9.80 Å². The van der Waals surface area contributed by atoms with Crippen LogP contribution in [0.25, 0.3) is 0 Å². The van der Waals surface area contributed by atoms with E-state index in [0.29, 0.717) is 39.3 Å². The number of amides is 3. The van der Waals surface area contributed by atoms with Crippen LogP contribution >= 0.6 is 0 Å². The van der Waals surface area contributed by atoms with E-state index in [4.69, 9.17) is 4.74 Å². The topological polar surface area (TPSA) is 61.9 Å². The Kier molecular flexibility index (Phi) is 6.06. The van der Waals surface area contributed by atoms with E-state index < -0.39 is 0 Å². The van der Waals surface area contributed by atoms with Crippen molar-refractivity contribution in [2.75, 3.05) is 39.3 Å². The van der Waals surface area contributed by atoms with Crippen LogP contribution in [0.15, 0.2) is 24.3 Å². The SMILES string of the molecule is CCc1cccc(OCCNC(=O)N2CCN(C=O)CC2)c1. The predicted octanol–water partition coefficient (Wildman–Crippen LogP) is 1.11. The van der Waals surface area contributed by atoms with Crippen LogP contribution in [-0.4, -0.2) is 61.6 Å². The highest BCUT2D eigenvalue weighted by Gasteiger charge is 2.19. The van der Waals surface area contributed by atoms with Gasteiger partial charge in [0.15, 0.2) is 0 Å². The van der Waals surface area contributed by atoms with Crippen molar-refractivity contribution >= 4 is 12.4 Å². The number of carbonyl (C=O) groups is 2. The highest BCUT2D eigenvalue weighted by atomic mass is 16.5. The first-order valence-corrected chi connectivity index (χ1v) is 7.66. The van der Waals surface area contributed by atoms with Gasteiger partial charge in [0.05, 0.1) is 6.54 Å². The fraction of sp³-hybridized carbons (Fsp3) is 0.500. The maximum absolute atomic E-state index is 12.0. The van der Waals surface area contributed by atoms with Gasteiger partial charge in [0.2, 0.25) is 6.41 Å². The number of carbonyl (C=O) groups excluding carboxylic acids is 2. The summed E-state index contributed by atoms with van der Waals surface area (Å²) in [5, 5.41) is 2.84. The number of nitrogens with zero attached hydrogens (tertiary/aromatic N) is 2. The summed E-state index contributed by atoms with van der Waals surface area (Å²) in [5.41, 5.74) is 1.23. The summed E-state index contributed by atoms with van der Waals surface area (Å²) >= 11 is 0. The fourth-order valence-electron chi connectivity index (χ4n) is 2.32. The van der Waals surface area contributed by atoms with Crippen LogP contribution in [0.3, 0.4) is 0 Å². The molecule has 0 aliphatic carbocycles. The van der Waals surface area contributed by atoms with Crippen LogP contribution in [0.5, 0.6) is 5.75 Å². The summed E-state index contributed by atoms with van der Waals surface area (Å²) < 4.78 is 5.63. The second-order valence-corrected chi connectivity index (χ2v) is 5.21. The van der Waals surface area contributed by atoms with Crippen molar-refractivity contribution in [2.24, 2.45) is 0 Å². The maximum Gasteiger partial charge on any atom is 0.317 e. The van der Waals surface area contributed by atoms with E-state index in [1.807, 2.05) is 18.2 Å². The Labute approximate surface area is 131 Å². The summed E-state index contributed by atoms with van der Waals surface area (Å²) in [6, 6.07) is 7.86. The van der Waals surface area contributed by atoms with Gasteiger partial charge in [0.1, 0.15) is 12.4 Å². The Morgan fingerprint density at radius 2 is 2.09 bits per heavy atom. The van der Waals surface area contributed by atoms with Gasteiger partial charge < -0.3 is 19.9 Å². The van der Waals surface area contributed by atoms with E-state index in [1.165, 1.54) is 5.56 Å². The van der Waals surface area contributed by atoms with Crippen LogP contribution in [0.4, 0.5) is 4.79 Å². The van der Waals surface area contributed by atoms with Crippen LogP contribution in [0.1, 0.15) is 12.5 Å². The van der Waals surface area contributed by atoms with Crippen molar-refractivity contribution in [1.29, 1.82) is 0 Å². The molecule has 1 saturated heterocycles. The normalized spacial score (nSPS) is 14.6. The summed E-state index contributed by atoms with van der Waals surface area (Å²) in [7, 11) is 0. The van der Waals surface area contributed by atoms with Crippen LogP contribution in [-0.2, 0) is 11.2 Å². The molecule has 1 fully saturated rings. The Hall–Kier alpha value is -2.24. The third kappa shape index (κ3) is 4.65. The van der Waals surface area contributed by atoms with Gasteiger partial charge in [-0.3, -0.25) is 4.79 Å². The van der Waals surface area contributed by atoms with Gasteiger partial charge in [0, 0.05) is 26.2 Å². The molecule has 0 atom stereocenters. The summed E-state index contributed by atoms with van der Waals surface area (Å²) in [4.78, 5) is 26.0. The average molecular weight is 305 g/mol. The zero-order valence-corrected chi connectivity index (χ0v) is 13.0. The Morgan fingerprint density at radius 3 is 2.77 bits per heavy atom. The molecule has 0 unspecified atom stereocenters. The number of piperazine rings is 1. The minimum atomic E-state index is -0.101. The molecular formula is C16H23N3O3. The lowest BCUT2D eigenvalue weighted by atomic mass is 10.2. The van der Waals surface area contributed by atoms with E-state index in [0.717, 1.165) is 18.6 Å². The minimum Gasteiger partial charge on any atom is -0.492 e. The summed E-state index contributed by atoms with van der Waals surface area (Å²) in [6.45, 7) is 5.34. The first-order chi connectivity index (χ1) is 10.7. The number of urea groups is 1. The molecule has 0 saturated carbocycles. The van der Waals surface area contributed by atoms with Gasteiger partial charge in [-0.2, -0.15) is 0 Å². The molecule has 1 aromatic rings. The molecule has 3 amide bonds. The van der Waals surface area contributed by atoms with Gasteiger partial charge in [-0.25, -0.2) is 4.79 Å². The van der Waals surface area contributed by atoms with Gasteiger partial charge in [-0.05, 0) is 24.1 Å². The predicted molar refractivity (Wildman–Crippen MR) is 83.9 cm³/mol. The second-order valence-electron chi connectivity index (χ2n) is 5.21. The molecule has 1 heterocycles. The Balaban J connectivity index is 1.66. The van der Waals surface area contributed by atoms with Crippen LogP contribution in [0, 0.1) is 0 Å². The van der Waals surface area contributed by atoms with Crippen molar-refractivity contribution in [3.8, 4) is 5.75 Å². The first kappa shape index (κ1) is 16.1. The average Bonchev–Trinajstić information content (AvgIpc) is 2.58. The molecule has 1 N–H and O–H groups in total. The number of benzene rings is 1. The number of hydrogen-bond acceptors (Lipinski definition) is 3. The quantitative estimate of drug-likeness (QED) is 0.632.